The fourth-order valence-corrected chi connectivity index (χ4v) is 2.49. The summed E-state index contributed by atoms with van der Waals surface area (Å²) in [6.45, 7) is 10.2. The number of nitrogens with zero attached hydrogens (tertiary/aromatic N) is 2. The van der Waals surface area contributed by atoms with Gasteiger partial charge in [-0.2, -0.15) is 5.10 Å². The summed E-state index contributed by atoms with van der Waals surface area (Å²) in [6.07, 6.45) is 2.66. The number of aromatic nitrogens is 2. The molecule has 2 aromatic heterocycles. The highest BCUT2D eigenvalue weighted by Gasteiger charge is 2.19. The predicted molar refractivity (Wildman–Crippen MR) is 76.2 cm³/mol. The monoisotopic (exact) mass is 261 g/mol. The third-order valence-corrected chi connectivity index (χ3v) is 3.37. The van der Waals surface area contributed by atoms with Gasteiger partial charge in [0.05, 0.1) is 18.0 Å². The van der Waals surface area contributed by atoms with Crippen molar-refractivity contribution >= 4 is 0 Å². The SMILES string of the molecule is CCNC(Cc1cc(C)nn1CC)c1occc1C. The van der Waals surface area contributed by atoms with Crippen molar-refractivity contribution in [3.63, 3.8) is 0 Å². The molecular formula is C15H23N3O. The lowest BCUT2D eigenvalue weighted by atomic mass is 10.1. The molecule has 0 bridgehead atoms. The molecule has 0 saturated carbocycles. The standard InChI is InChI=1S/C15H23N3O/c1-5-16-14(15-11(3)7-8-19-15)10-13-9-12(4)17-18(13)6-2/h7-9,14,16H,5-6,10H2,1-4H3. The van der Waals surface area contributed by atoms with Gasteiger partial charge in [0.25, 0.3) is 0 Å². The molecule has 1 atom stereocenters. The highest BCUT2D eigenvalue weighted by atomic mass is 16.3. The number of nitrogens with one attached hydrogen (secondary N) is 1. The number of furan rings is 1. The van der Waals surface area contributed by atoms with Gasteiger partial charge in [0.2, 0.25) is 0 Å². The minimum Gasteiger partial charge on any atom is -0.467 e. The van der Waals surface area contributed by atoms with Crippen LogP contribution in [-0.2, 0) is 13.0 Å². The van der Waals surface area contributed by atoms with Crippen molar-refractivity contribution in [2.24, 2.45) is 0 Å². The Labute approximate surface area is 114 Å². The van der Waals surface area contributed by atoms with Crippen molar-refractivity contribution in [2.45, 2.75) is 46.7 Å². The Morgan fingerprint density at radius 1 is 1.37 bits per heavy atom. The van der Waals surface area contributed by atoms with Crippen molar-refractivity contribution < 1.29 is 4.42 Å². The molecule has 19 heavy (non-hydrogen) atoms. The van der Waals surface area contributed by atoms with Crippen LogP contribution in [0.1, 0.15) is 42.6 Å². The molecule has 0 aliphatic carbocycles. The van der Waals surface area contributed by atoms with E-state index in [0.717, 1.165) is 31.0 Å². The lowest BCUT2D eigenvalue weighted by Crippen LogP contribution is -2.24. The predicted octanol–water partition coefficient (Wildman–Crippen LogP) is 3.01. The summed E-state index contributed by atoms with van der Waals surface area (Å²) in [5.74, 6) is 1.03. The van der Waals surface area contributed by atoms with Crippen LogP contribution in [-0.4, -0.2) is 16.3 Å². The van der Waals surface area contributed by atoms with Gasteiger partial charge < -0.3 is 9.73 Å². The molecule has 0 saturated heterocycles. The van der Waals surface area contributed by atoms with E-state index in [0.29, 0.717) is 0 Å². The van der Waals surface area contributed by atoms with Gasteiger partial charge in [0.15, 0.2) is 0 Å². The Bertz CT molecular complexity index is 527. The number of likely N-dealkylation sites (N-methyl/N-ethyl adjacent to an activating group) is 1. The fourth-order valence-electron chi connectivity index (χ4n) is 2.49. The van der Waals surface area contributed by atoms with Gasteiger partial charge in [0.1, 0.15) is 5.76 Å². The first-order valence-corrected chi connectivity index (χ1v) is 6.96. The van der Waals surface area contributed by atoms with Crippen molar-refractivity contribution in [3.8, 4) is 0 Å². The molecule has 0 amide bonds. The first-order valence-electron chi connectivity index (χ1n) is 6.96. The second kappa shape index (κ2) is 6.06. The Balaban J connectivity index is 2.23. The average Bonchev–Trinajstić information content (AvgIpc) is 2.94. The minimum atomic E-state index is 0.210. The van der Waals surface area contributed by atoms with E-state index in [1.165, 1.54) is 11.3 Å². The zero-order valence-electron chi connectivity index (χ0n) is 12.2. The van der Waals surface area contributed by atoms with E-state index in [9.17, 15) is 0 Å². The van der Waals surface area contributed by atoms with E-state index < -0.39 is 0 Å². The van der Waals surface area contributed by atoms with Crippen LogP contribution in [0.25, 0.3) is 0 Å². The smallest absolute Gasteiger partial charge is 0.123 e. The van der Waals surface area contributed by atoms with Crippen molar-refractivity contribution in [3.05, 3.63) is 41.1 Å². The van der Waals surface area contributed by atoms with E-state index in [1.54, 1.807) is 6.26 Å². The lowest BCUT2D eigenvalue weighted by molar-refractivity contribution is 0.406. The van der Waals surface area contributed by atoms with Gasteiger partial charge in [0, 0.05) is 18.7 Å². The first kappa shape index (κ1) is 13.9. The Morgan fingerprint density at radius 2 is 2.16 bits per heavy atom. The van der Waals surface area contributed by atoms with E-state index >= 15 is 0 Å². The van der Waals surface area contributed by atoms with Gasteiger partial charge in [-0.3, -0.25) is 4.68 Å². The summed E-state index contributed by atoms with van der Waals surface area (Å²) in [7, 11) is 0. The molecule has 0 aliphatic heterocycles. The summed E-state index contributed by atoms with van der Waals surface area (Å²) >= 11 is 0. The summed E-state index contributed by atoms with van der Waals surface area (Å²) in [4.78, 5) is 0. The van der Waals surface area contributed by atoms with Gasteiger partial charge in [-0.15, -0.1) is 0 Å². The maximum atomic E-state index is 5.64. The normalized spacial score (nSPS) is 12.8. The molecular weight excluding hydrogens is 238 g/mol. The Morgan fingerprint density at radius 3 is 2.74 bits per heavy atom. The van der Waals surface area contributed by atoms with Crippen LogP contribution in [0.15, 0.2) is 22.8 Å². The van der Waals surface area contributed by atoms with Crippen LogP contribution < -0.4 is 5.32 Å². The first-order chi connectivity index (χ1) is 9.15. The Hall–Kier alpha value is -1.55. The molecule has 1 N–H and O–H groups in total. The summed E-state index contributed by atoms with van der Waals surface area (Å²) in [5.41, 5.74) is 3.52. The lowest BCUT2D eigenvalue weighted by Gasteiger charge is -2.17. The van der Waals surface area contributed by atoms with E-state index in [1.807, 2.05) is 13.0 Å². The van der Waals surface area contributed by atoms with Crippen LogP contribution in [0.4, 0.5) is 0 Å². The highest BCUT2D eigenvalue weighted by molar-refractivity contribution is 5.21. The van der Waals surface area contributed by atoms with Crippen LogP contribution in [0, 0.1) is 13.8 Å². The van der Waals surface area contributed by atoms with Crippen LogP contribution in [0.3, 0.4) is 0 Å². The number of aryl methyl sites for hydroxylation is 3. The second-order valence-corrected chi connectivity index (χ2v) is 4.88. The van der Waals surface area contributed by atoms with Gasteiger partial charge >= 0.3 is 0 Å². The zero-order chi connectivity index (χ0) is 13.8. The third kappa shape index (κ3) is 3.07. The molecule has 0 spiro atoms. The molecule has 104 valence electrons. The van der Waals surface area contributed by atoms with E-state index in [2.05, 4.69) is 41.9 Å². The van der Waals surface area contributed by atoms with E-state index in [-0.39, 0.29) is 6.04 Å². The van der Waals surface area contributed by atoms with Crippen LogP contribution >= 0.6 is 0 Å². The molecule has 0 radical (unpaired) electrons. The van der Waals surface area contributed by atoms with Crippen molar-refractivity contribution in [2.75, 3.05) is 6.54 Å². The molecule has 2 rings (SSSR count). The summed E-state index contributed by atoms with van der Waals surface area (Å²) in [5, 5.41) is 8.00. The third-order valence-electron chi connectivity index (χ3n) is 3.37. The molecule has 4 nitrogen and oxygen atoms in total. The van der Waals surface area contributed by atoms with Crippen LogP contribution in [0.5, 0.6) is 0 Å². The molecule has 0 aromatic carbocycles. The summed E-state index contributed by atoms with van der Waals surface area (Å²) in [6, 6.07) is 4.38. The number of hydrogen-bond donors (Lipinski definition) is 1. The van der Waals surface area contributed by atoms with Crippen LogP contribution in [0.2, 0.25) is 0 Å². The quantitative estimate of drug-likeness (QED) is 0.869. The van der Waals surface area contributed by atoms with Gasteiger partial charge in [-0.05, 0) is 45.0 Å². The number of rotatable bonds is 6. The zero-order valence-corrected chi connectivity index (χ0v) is 12.2. The fraction of sp³-hybridized carbons (Fsp3) is 0.533. The van der Waals surface area contributed by atoms with Gasteiger partial charge in [-0.1, -0.05) is 6.92 Å². The number of hydrogen-bond acceptors (Lipinski definition) is 3. The Kier molecular flexibility index (Phi) is 4.43. The molecule has 2 heterocycles. The van der Waals surface area contributed by atoms with Crippen molar-refractivity contribution in [1.82, 2.24) is 15.1 Å². The van der Waals surface area contributed by atoms with E-state index in [4.69, 9.17) is 4.42 Å². The molecule has 4 heteroatoms. The van der Waals surface area contributed by atoms with Gasteiger partial charge in [-0.25, -0.2) is 0 Å². The topological polar surface area (TPSA) is 43.0 Å². The molecule has 0 fully saturated rings. The average molecular weight is 261 g/mol. The maximum absolute atomic E-state index is 5.64. The summed E-state index contributed by atoms with van der Waals surface area (Å²) < 4.78 is 7.71. The van der Waals surface area contributed by atoms with Crippen molar-refractivity contribution in [1.29, 1.82) is 0 Å². The molecule has 2 aromatic rings. The largest absolute Gasteiger partial charge is 0.467 e. The highest BCUT2D eigenvalue weighted by Crippen LogP contribution is 2.23. The molecule has 0 aliphatic rings. The molecule has 1 unspecified atom stereocenters. The maximum Gasteiger partial charge on any atom is 0.123 e. The minimum absolute atomic E-state index is 0.210. The second-order valence-electron chi connectivity index (χ2n) is 4.88.